The molecule has 6 heteroatoms. The van der Waals surface area contributed by atoms with Crippen LogP contribution in [0.25, 0.3) is 0 Å². The van der Waals surface area contributed by atoms with E-state index in [0.29, 0.717) is 22.9 Å². The molecule has 1 N–H and O–H groups in total. The van der Waals surface area contributed by atoms with Gasteiger partial charge in [-0.25, -0.2) is 9.18 Å². The number of hydrogen-bond donors (Lipinski definition) is 1. The van der Waals surface area contributed by atoms with Crippen molar-refractivity contribution in [1.29, 1.82) is 0 Å². The second kappa shape index (κ2) is 7.37. The van der Waals surface area contributed by atoms with Gasteiger partial charge in [0, 0.05) is 0 Å². The summed E-state index contributed by atoms with van der Waals surface area (Å²) in [5, 5.41) is 4.81. The van der Waals surface area contributed by atoms with Crippen LogP contribution in [0.2, 0.25) is 0 Å². The van der Waals surface area contributed by atoms with E-state index < -0.39 is 17.7 Å². The molecule has 2 rings (SSSR count). The molecule has 1 heterocycles. The normalized spacial score (nSPS) is 10.7. The molecule has 0 spiro atoms. The van der Waals surface area contributed by atoms with Gasteiger partial charge in [-0.3, -0.25) is 4.79 Å². The first-order valence-corrected chi connectivity index (χ1v) is 8.06. The topological polar surface area (TPSA) is 55.4 Å². The van der Waals surface area contributed by atoms with Crippen molar-refractivity contribution >= 4 is 28.2 Å². The van der Waals surface area contributed by atoms with Crippen molar-refractivity contribution in [2.75, 3.05) is 12.4 Å². The number of esters is 1. The number of thiophene rings is 1. The van der Waals surface area contributed by atoms with Crippen LogP contribution in [0.3, 0.4) is 0 Å². The third-order valence-corrected chi connectivity index (χ3v) is 4.17. The second-order valence-electron chi connectivity index (χ2n) is 5.49. The number of rotatable bonds is 5. The van der Waals surface area contributed by atoms with Crippen molar-refractivity contribution in [3.8, 4) is 0 Å². The van der Waals surface area contributed by atoms with Gasteiger partial charge in [-0.2, -0.15) is 0 Å². The minimum absolute atomic E-state index is 0.0675. The lowest BCUT2D eigenvalue weighted by Crippen LogP contribution is -2.16. The molecule has 122 valence electrons. The molecule has 0 atom stereocenters. The molecule has 0 aliphatic rings. The van der Waals surface area contributed by atoms with E-state index in [1.54, 1.807) is 6.07 Å². The molecule has 4 nitrogen and oxygen atoms in total. The van der Waals surface area contributed by atoms with Gasteiger partial charge in [-0.1, -0.05) is 26.0 Å². The predicted octanol–water partition coefficient (Wildman–Crippen LogP) is 4.12. The summed E-state index contributed by atoms with van der Waals surface area (Å²) in [6, 6.07) is 5.70. The number of anilines is 1. The van der Waals surface area contributed by atoms with E-state index in [1.807, 2.05) is 19.2 Å². The number of halogens is 1. The van der Waals surface area contributed by atoms with Gasteiger partial charge in [0.05, 0.1) is 18.2 Å². The molecule has 1 amide bonds. The Labute approximate surface area is 138 Å². The van der Waals surface area contributed by atoms with Crippen LogP contribution in [0, 0.1) is 11.7 Å². The summed E-state index contributed by atoms with van der Waals surface area (Å²) in [6.45, 7) is 4.08. The third kappa shape index (κ3) is 3.96. The Hall–Kier alpha value is -2.21. The smallest absolute Gasteiger partial charge is 0.341 e. The number of benzene rings is 1. The first-order valence-electron chi connectivity index (χ1n) is 7.18. The van der Waals surface area contributed by atoms with Crippen LogP contribution in [-0.2, 0) is 11.2 Å². The highest BCUT2D eigenvalue weighted by Crippen LogP contribution is 2.31. The Morgan fingerprint density at radius 3 is 2.61 bits per heavy atom. The van der Waals surface area contributed by atoms with E-state index in [-0.39, 0.29) is 5.56 Å². The summed E-state index contributed by atoms with van der Waals surface area (Å²) in [5.41, 5.74) is 1.10. The summed E-state index contributed by atoms with van der Waals surface area (Å²) >= 11 is 1.24. The van der Waals surface area contributed by atoms with Gasteiger partial charge >= 0.3 is 5.97 Å². The van der Waals surface area contributed by atoms with E-state index in [9.17, 15) is 14.0 Å². The zero-order valence-electron chi connectivity index (χ0n) is 13.2. The van der Waals surface area contributed by atoms with Crippen molar-refractivity contribution < 1.29 is 18.7 Å². The lowest BCUT2D eigenvalue weighted by atomic mass is 10.0. The molecule has 0 saturated heterocycles. The maximum absolute atomic E-state index is 13.7. The lowest BCUT2D eigenvalue weighted by Gasteiger charge is -2.09. The Morgan fingerprint density at radius 2 is 2.00 bits per heavy atom. The van der Waals surface area contributed by atoms with Crippen LogP contribution in [0.1, 0.15) is 40.1 Å². The van der Waals surface area contributed by atoms with Gasteiger partial charge in [-0.15, -0.1) is 11.3 Å². The Morgan fingerprint density at radius 1 is 1.30 bits per heavy atom. The van der Waals surface area contributed by atoms with E-state index >= 15 is 0 Å². The van der Waals surface area contributed by atoms with Crippen LogP contribution >= 0.6 is 11.3 Å². The molecule has 0 bridgehead atoms. The molecule has 1 aromatic heterocycles. The fourth-order valence-corrected chi connectivity index (χ4v) is 3.18. The van der Waals surface area contributed by atoms with Crippen LogP contribution < -0.4 is 5.32 Å². The summed E-state index contributed by atoms with van der Waals surface area (Å²) in [5.74, 6) is -1.36. The number of ether oxygens (including phenoxy) is 1. The van der Waals surface area contributed by atoms with Crippen molar-refractivity contribution in [2.24, 2.45) is 5.92 Å². The van der Waals surface area contributed by atoms with Crippen molar-refractivity contribution in [3.63, 3.8) is 0 Å². The maximum atomic E-state index is 13.7. The van der Waals surface area contributed by atoms with Crippen LogP contribution in [-0.4, -0.2) is 19.0 Å². The molecule has 0 aliphatic carbocycles. The van der Waals surface area contributed by atoms with Gasteiger partial charge in [0.2, 0.25) is 0 Å². The number of nitrogens with one attached hydrogen (secondary N) is 1. The first-order chi connectivity index (χ1) is 10.9. The molecule has 0 unspecified atom stereocenters. The van der Waals surface area contributed by atoms with Crippen LogP contribution in [0.15, 0.2) is 29.6 Å². The average Bonchev–Trinajstić information content (AvgIpc) is 2.88. The highest BCUT2D eigenvalue weighted by molar-refractivity contribution is 7.15. The predicted molar refractivity (Wildman–Crippen MR) is 88.6 cm³/mol. The number of methoxy groups -OCH3 is 1. The molecular weight excluding hydrogens is 317 g/mol. The van der Waals surface area contributed by atoms with Crippen molar-refractivity contribution in [3.05, 3.63) is 52.2 Å². The molecule has 0 radical (unpaired) electrons. The van der Waals surface area contributed by atoms with Crippen LogP contribution in [0.4, 0.5) is 9.39 Å². The van der Waals surface area contributed by atoms with Gasteiger partial charge in [0.15, 0.2) is 0 Å². The molecule has 1 aromatic carbocycles. The third-order valence-electron chi connectivity index (χ3n) is 3.23. The van der Waals surface area contributed by atoms with E-state index in [2.05, 4.69) is 5.32 Å². The SMILES string of the molecule is COC(=O)c1c(CC(C)C)csc1NC(=O)c1ccccc1F. The van der Waals surface area contributed by atoms with Crippen molar-refractivity contribution in [2.45, 2.75) is 20.3 Å². The fourth-order valence-electron chi connectivity index (χ4n) is 2.22. The fraction of sp³-hybridized carbons (Fsp3) is 0.294. The van der Waals surface area contributed by atoms with Gasteiger partial charge < -0.3 is 10.1 Å². The summed E-state index contributed by atoms with van der Waals surface area (Å²) in [6.07, 6.45) is 0.691. The van der Waals surface area contributed by atoms with Gasteiger partial charge in [0.1, 0.15) is 10.8 Å². The quantitative estimate of drug-likeness (QED) is 0.836. The van der Waals surface area contributed by atoms with Crippen LogP contribution in [0.5, 0.6) is 0 Å². The summed E-state index contributed by atoms with van der Waals surface area (Å²) < 4.78 is 18.5. The zero-order valence-corrected chi connectivity index (χ0v) is 14.0. The molecular formula is C17H18FNO3S. The number of carbonyl (C=O) groups excluding carboxylic acids is 2. The first kappa shape index (κ1) is 17.1. The Bertz CT molecular complexity index is 724. The number of hydrogen-bond acceptors (Lipinski definition) is 4. The van der Waals surface area contributed by atoms with E-state index in [1.165, 1.54) is 36.6 Å². The van der Waals surface area contributed by atoms with E-state index in [4.69, 9.17) is 4.74 Å². The minimum Gasteiger partial charge on any atom is -0.465 e. The number of amides is 1. The minimum atomic E-state index is -0.608. The Kier molecular flexibility index (Phi) is 5.50. The molecule has 2 aromatic rings. The highest BCUT2D eigenvalue weighted by Gasteiger charge is 2.22. The van der Waals surface area contributed by atoms with E-state index in [0.717, 1.165) is 5.56 Å². The summed E-state index contributed by atoms with van der Waals surface area (Å²) in [7, 11) is 1.29. The summed E-state index contributed by atoms with van der Waals surface area (Å²) in [4.78, 5) is 24.3. The molecule has 0 fully saturated rings. The maximum Gasteiger partial charge on any atom is 0.341 e. The van der Waals surface area contributed by atoms with Crippen molar-refractivity contribution in [1.82, 2.24) is 0 Å². The van der Waals surface area contributed by atoms with Gasteiger partial charge in [0.25, 0.3) is 5.91 Å². The largest absolute Gasteiger partial charge is 0.465 e. The second-order valence-corrected chi connectivity index (χ2v) is 6.37. The average molecular weight is 335 g/mol. The number of carbonyl (C=O) groups is 2. The zero-order chi connectivity index (χ0) is 17.0. The monoisotopic (exact) mass is 335 g/mol. The Balaban J connectivity index is 2.32. The highest BCUT2D eigenvalue weighted by atomic mass is 32.1. The molecule has 23 heavy (non-hydrogen) atoms. The molecule has 0 saturated carbocycles. The van der Waals surface area contributed by atoms with Gasteiger partial charge in [-0.05, 0) is 35.4 Å². The lowest BCUT2D eigenvalue weighted by molar-refractivity contribution is 0.0601. The molecule has 0 aliphatic heterocycles. The standard InChI is InChI=1S/C17H18FNO3S/c1-10(2)8-11-9-23-16(14(11)17(21)22-3)19-15(20)12-6-4-5-7-13(12)18/h4-7,9-10H,8H2,1-3H3,(H,19,20).